The van der Waals surface area contributed by atoms with E-state index in [1.807, 2.05) is 44.6 Å². The minimum Gasteiger partial charge on any atom is -0.507 e. The van der Waals surface area contributed by atoms with Crippen molar-refractivity contribution in [3.05, 3.63) is 41.2 Å². The van der Waals surface area contributed by atoms with Gasteiger partial charge in [0.05, 0.1) is 28.1 Å². The number of halogens is 1. The molecular formula is C23H25ClN6O. The average molecular weight is 437 g/mol. The minimum atomic E-state index is 0.185. The first-order chi connectivity index (χ1) is 14.8. The maximum Gasteiger partial charge on any atom is 0.161 e. The van der Waals surface area contributed by atoms with Gasteiger partial charge in [0.15, 0.2) is 5.65 Å². The maximum absolute atomic E-state index is 10.8. The van der Waals surface area contributed by atoms with Crippen LogP contribution >= 0.6 is 11.6 Å². The Bertz CT molecular complexity index is 1310. The van der Waals surface area contributed by atoms with Crippen molar-refractivity contribution in [2.75, 3.05) is 18.0 Å². The number of nitrogens with one attached hydrogen (secondary N) is 1. The highest BCUT2D eigenvalue weighted by Gasteiger charge is 2.24. The zero-order valence-electron chi connectivity index (χ0n) is 18.0. The number of hydrogen-bond donors (Lipinski definition) is 2. The van der Waals surface area contributed by atoms with Gasteiger partial charge >= 0.3 is 0 Å². The van der Waals surface area contributed by atoms with Crippen molar-refractivity contribution in [3.63, 3.8) is 0 Å². The molecule has 160 valence electrons. The molecule has 31 heavy (non-hydrogen) atoms. The van der Waals surface area contributed by atoms with Crippen LogP contribution in [0.15, 0.2) is 30.6 Å². The SMILES string of the molecule is Cc1c(O)c(-c2ccc3c(Cl)c(N4C[C@@H](C)N[C@H](C)C4)cnc3n2)cc2cn(C)nc12. The summed E-state index contributed by atoms with van der Waals surface area (Å²) in [6.45, 7) is 7.97. The second kappa shape index (κ2) is 7.35. The number of nitrogens with zero attached hydrogens (tertiary/aromatic N) is 5. The van der Waals surface area contributed by atoms with Gasteiger partial charge in [-0.3, -0.25) is 4.68 Å². The normalized spacial score (nSPS) is 19.5. The molecule has 1 saturated heterocycles. The van der Waals surface area contributed by atoms with Crippen molar-refractivity contribution < 1.29 is 5.11 Å². The van der Waals surface area contributed by atoms with Gasteiger partial charge in [0.25, 0.3) is 0 Å². The highest BCUT2D eigenvalue weighted by molar-refractivity contribution is 6.37. The van der Waals surface area contributed by atoms with E-state index in [1.54, 1.807) is 4.68 Å². The van der Waals surface area contributed by atoms with Crippen molar-refractivity contribution in [1.82, 2.24) is 25.1 Å². The molecular weight excluding hydrogens is 412 g/mol. The molecule has 4 heterocycles. The molecule has 0 spiro atoms. The molecule has 1 fully saturated rings. The second-order valence-corrected chi connectivity index (χ2v) is 8.92. The van der Waals surface area contributed by atoms with Crippen molar-refractivity contribution in [2.45, 2.75) is 32.9 Å². The van der Waals surface area contributed by atoms with Crippen LogP contribution in [0.1, 0.15) is 19.4 Å². The van der Waals surface area contributed by atoms with E-state index < -0.39 is 0 Å². The third-order valence-corrected chi connectivity index (χ3v) is 6.34. The van der Waals surface area contributed by atoms with Crippen LogP contribution in [-0.4, -0.2) is 50.0 Å². The molecule has 2 atom stereocenters. The van der Waals surface area contributed by atoms with Crippen molar-refractivity contribution in [2.24, 2.45) is 7.05 Å². The Labute approximate surface area is 185 Å². The number of anilines is 1. The number of phenolic OH excluding ortho intramolecular Hbond substituents is 1. The quantitative estimate of drug-likeness (QED) is 0.493. The number of aryl methyl sites for hydroxylation is 2. The molecule has 1 aliphatic rings. The van der Waals surface area contributed by atoms with Crippen LogP contribution in [0.3, 0.4) is 0 Å². The highest BCUT2D eigenvalue weighted by Crippen LogP contribution is 2.38. The van der Waals surface area contributed by atoms with E-state index >= 15 is 0 Å². The van der Waals surface area contributed by atoms with Gasteiger partial charge in [0.1, 0.15) is 5.75 Å². The molecule has 4 aromatic rings. The van der Waals surface area contributed by atoms with E-state index in [4.69, 9.17) is 16.6 Å². The number of aromatic hydroxyl groups is 1. The van der Waals surface area contributed by atoms with Gasteiger partial charge in [-0.1, -0.05) is 11.6 Å². The van der Waals surface area contributed by atoms with Gasteiger partial charge in [0.2, 0.25) is 0 Å². The molecule has 8 heteroatoms. The van der Waals surface area contributed by atoms with Crippen LogP contribution in [0.25, 0.3) is 33.2 Å². The molecule has 5 rings (SSSR count). The van der Waals surface area contributed by atoms with Crippen LogP contribution in [-0.2, 0) is 7.05 Å². The Kier molecular flexibility index (Phi) is 4.75. The van der Waals surface area contributed by atoms with E-state index in [1.165, 1.54) is 0 Å². The molecule has 0 bridgehead atoms. The van der Waals surface area contributed by atoms with E-state index in [0.29, 0.717) is 34.0 Å². The predicted octanol–water partition coefficient (Wildman–Crippen LogP) is 4.04. The Balaban J connectivity index is 1.59. The molecule has 0 amide bonds. The van der Waals surface area contributed by atoms with Crippen molar-refractivity contribution in [1.29, 1.82) is 0 Å². The fourth-order valence-corrected chi connectivity index (χ4v) is 4.88. The van der Waals surface area contributed by atoms with Gasteiger partial charge in [-0.25, -0.2) is 9.97 Å². The fraction of sp³-hybridized carbons (Fsp3) is 0.348. The fourth-order valence-electron chi connectivity index (χ4n) is 4.57. The van der Waals surface area contributed by atoms with E-state index in [-0.39, 0.29) is 5.75 Å². The second-order valence-electron chi connectivity index (χ2n) is 8.54. The Hall–Kier alpha value is -2.90. The molecule has 1 aliphatic heterocycles. The number of fused-ring (bicyclic) bond motifs is 2. The number of pyridine rings is 2. The van der Waals surface area contributed by atoms with Crippen LogP contribution in [0.2, 0.25) is 5.02 Å². The Morgan fingerprint density at radius 2 is 1.94 bits per heavy atom. The summed E-state index contributed by atoms with van der Waals surface area (Å²) in [5.74, 6) is 0.185. The first kappa shape index (κ1) is 20.0. The van der Waals surface area contributed by atoms with Gasteiger partial charge in [-0.15, -0.1) is 0 Å². The van der Waals surface area contributed by atoms with Crippen LogP contribution in [0, 0.1) is 6.92 Å². The molecule has 0 unspecified atom stereocenters. The minimum absolute atomic E-state index is 0.185. The summed E-state index contributed by atoms with van der Waals surface area (Å²) in [6.07, 6.45) is 3.74. The van der Waals surface area contributed by atoms with Gasteiger partial charge in [-0.2, -0.15) is 5.10 Å². The lowest BCUT2D eigenvalue weighted by Crippen LogP contribution is -2.54. The van der Waals surface area contributed by atoms with Crippen LogP contribution in [0.4, 0.5) is 5.69 Å². The summed E-state index contributed by atoms with van der Waals surface area (Å²) in [5, 5.41) is 21.2. The van der Waals surface area contributed by atoms with Gasteiger partial charge in [0, 0.05) is 60.3 Å². The standard InChI is InChI=1S/C23H25ClN6O/c1-12-9-30(10-13(2)26-12)19-8-25-23-16(20(19)24)5-6-18(27-23)17-7-15-11-29(4)28-21(15)14(3)22(17)31/h5-8,11-13,26,31H,9-10H2,1-4H3/t12-,13-/m1/s1. The van der Waals surface area contributed by atoms with Crippen LogP contribution in [0.5, 0.6) is 5.75 Å². The highest BCUT2D eigenvalue weighted by atomic mass is 35.5. The molecule has 0 radical (unpaired) electrons. The molecule has 3 aromatic heterocycles. The van der Waals surface area contributed by atoms with E-state index in [9.17, 15) is 5.11 Å². The van der Waals surface area contributed by atoms with E-state index in [0.717, 1.165) is 40.6 Å². The average Bonchev–Trinajstić information content (AvgIpc) is 3.10. The number of piperazine rings is 1. The van der Waals surface area contributed by atoms with Crippen molar-refractivity contribution >= 4 is 39.2 Å². The number of hydrogen-bond acceptors (Lipinski definition) is 6. The van der Waals surface area contributed by atoms with Gasteiger partial charge in [-0.05, 0) is 39.0 Å². The smallest absolute Gasteiger partial charge is 0.161 e. The topological polar surface area (TPSA) is 79.1 Å². The summed E-state index contributed by atoms with van der Waals surface area (Å²) in [5.41, 5.74) is 4.32. The van der Waals surface area contributed by atoms with Crippen LogP contribution < -0.4 is 10.2 Å². The monoisotopic (exact) mass is 436 g/mol. The summed E-state index contributed by atoms with van der Waals surface area (Å²) in [4.78, 5) is 11.6. The summed E-state index contributed by atoms with van der Waals surface area (Å²) < 4.78 is 1.75. The zero-order valence-corrected chi connectivity index (χ0v) is 18.8. The lowest BCUT2D eigenvalue weighted by molar-refractivity contribution is 0.407. The predicted molar refractivity (Wildman–Crippen MR) is 125 cm³/mol. The zero-order chi connectivity index (χ0) is 21.9. The van der Waals surface area contributed by atoms with E-state index in [2.05, 4.69) is 34.1 Å². The summed E-state index contributed by atoms with van der Waals surface area (Å²) in [6, 6.07) is 6.50. The molecule has 2 N–H and O–H groups in total. The first-order valence-electron chi connectivity index (χ1n) is 10.4. The first-order valence-corrected chi connectivity index (χ1v) is 10.8. The van der Waals surface area contributed by atoms with Gasteiger partial charge < -0.3 is 15.3 Å². The molecule has 1 aromatic carbocycles. The molecule has 0 aliphatic carbocycles. The number of phenols is 1. The number of rotatable bonds is 2. The number of benzene rings is 1. The molecule has 7 nitrogen and oxygen atoms in total. The maximum atomic E-state index is 10.8. The largest absolute Gasteiger partial charge is 0.507 e. The summed E-state index contributed by atoms with van der Waals surface area (Å²) in [7, 11) is 1.87. The summed E-state index contributed by atoms with van der Waals surface area (Å²) >= 11 is 6.80. The Morgan fingerprint density at radius 1 is 1.19 bits per heavy atom. The lowest BCUT2D eigenvalue weighted by Gasteiger charge is -2.37. The molecule has 0 saturated carbocycles. The third-order valence-electron chi connectivity index (χ3n) is 5.94. The lowest BCUT2D eigenvalue weighted by atomic mass is 10.0. The number of aromatic nitrogens is 4. The third kappa shape index (κ3) is 3.38. The van der Waals surface area contributed by atoms with Crippen molar-refractivity contribution in [3.8, 4) is 17.0 Å². The Morgan fingerprint density at radius 3 is 2.68 bits per heavy atom.